The normalized spacial score (nSPS) is 21.4. The minimum atomic E-state index is -0.624. The summed E-state index contributed by atoms with van der Waals surface area (Å²) in [7, 11) is 0. The molecule has 5 heterocycles. The molecule has 6 rings (SSSR count). The number of benzene rings is 1. The molecule has 0 amide bonds. The van der Waals surface area contributed by atoms with Gasteiger partial charge < -0.3 is 15.5 Å². The minimum absolute atomic E-state index is 0.0263. The summed E-state index contributed by atoms with van der Waals surface area (Å²) in [6, 6.07) is 6.97. The van der Waals surface area contributed by atoms with E-state index in [1.165, 1.54) is 6.07 Å². The van der Waals surface area contributed by atoms with Gasteiger partial charge in [0.2, 0.25) is 5.95 Å². The number of hydrogen-bond acceptors (Lipinski definition) is 8. The number of nitrogens with zero attached hydrogens (tertiary/aromatic N) is 6. The molecule has 0 aliphatic carbocycles. The van der Waals surface area contributed by atoms with E-state index in [0.717, 1.165) is 69.7 Å². The standard InChI is InChI=1S/C27H30F2N8/c1-3-36-8-10-37(11-9-36)16-17-4-5-22(30-14-17)33-26-31-15-21(29)24(34-26)18-12-19-25(20(28)13-18)32-23-6-7-27(19,2)35-23/h4-5,12-15H,3,6-11,16H2,1-2H3,(H,32,35)(H,30,31,33,34). The lowest BCUT2D eigenvalue weighted by molar-refractivity contribution is 0.132. The van der Waals surface area contributed by atoms with Crippen molar-refractivity contribution in [2.45, 2.75) is 38.8 Å². The summed E-state index contributed by atoms with van der Waals surface area (Å²) in [6.07, 6.45) is 4.47. The molecule has 0 spiro atoms. The lowest BCUT2D eigenvalue weighted by Crippen LogP contribution is -2.45. The van der Waals surface area contributed by atoms with Crippen LogP contribution in [0.15, 0.2) is 41.7 Å². The monoisotopic (exact) mass is 504 g/mol. The Balaban J connectivity index is 1.19. The number of aliphatic imine (C=N–C) groups is 1. The second kappa shape index (κ2) is 9.42. The Kier molecular flexibility index (Phi) is 6.08. The number of piperazine rings is 1. The van der Waals surface area contributed by atoms with Crippen LogP contribution in [0.25, 0.3) is 11.3 Å². The third-order valence-electron chi connectivity index (χ3n) is 7.57. The average Bonchev–Trinajstić information content (AvgIpc) is 3.22. The third-order valence-corrected chi connectivity index (χ3v) is 7.57. The van der Waals surface area contributed by atoms with Gasteiger partial charge in [0, 0.05) is 56.5 Å². The van der Waals surface area contributed by atoms with Crippen LogP contribution in [0.2, 0.25) is 0 Å². The molecule has 2 aromatic heterocycles. The van der Waals surface area contributed by atoms with Crippen LogP contribution in [0.3, 0.4) is 0 Å². The van der Waals surface area contributed by atoms with E-state index in [9.17, 15) is 4.39 Å². The van der Waals surface area contributed by atoms with Crippen LogP contribution >= 0.6 is 0 Å². The first kappa shape index (κ1) is 23.9. The fourth-order valence-electron chi connectivity index (χ4n) is 5.35. The van der Waals surface area contributed by atoms with Gasteiger partial charge in [0.15, 0.2) is 5.82 Å². The molecule has 3 aliphatic rings. The van der Waals surface area contributed by atoms with Gasteiger partial charge in [-0.2, -0.15) is 0 Å². The Bertz CT molecular complexity index is 1350. The Morgan fingerprint density at radius 3 is 2.59 bits per heavy atom. The van der Waals surface area contributed by atoms with Crippen LogP contribution in [-0.2, 0) is 12.1 Å². The highest BCUT2D eigenvalue weighted by molar-refractivity contribution is 6.00. The molecule has 192 valence electrons. The van der Waals surface area contributed by atoms with Crippen molar-refractivity contribution in [3.63, 3.8) is 0 Å². The first-order chi connectivity index (χ1) is 17.9. The van der Waals surface area contributed by atoms with Crippen molar-refractivity contribution in [1.82, 2.24) is 24.8 Å². The van der Waals surface area contributed by atoms with E-state index >= 15 is 4.39 Å². The van der Waals surface area contributed by atoms with Crippen LogP contribution in [-0.4, -0.2) is 63.3 Å². The van der Waals surface area contributed by atoms with Crippen molar-refractivity contribution in [3.05, 3.63) is 59.4 Å². The van der Waals surface area contributed by atoms with Gasteiger partial charge in [-0.3, -0.25) is 9.89 Å². The number of pyridine rings is 1. The lowest BCUT2D eigenvalue weighted by Gasteiger charge is -2.33. The molecular weight excluding hydrogens is 474 g/mol. The van der Waals surface area contributed by atoms with Crippen LogP contribution in [0.1, 0.15) is 37.8 Å². The molecule has 1 unspecified atom stereocenters. The summed E-state index contributed by atoms with van der Waals surface area (Å²) in [6.45, 7) is 10.4. The van der Waals surface area contributed by atoms with Gasteiger partial charge >= 0.3 is 0 Å². The van der Waals surface area contributed by atoms with Crippen molar-refractivity contribution in [2.24, 2.45) is 4.99 Å². The predicted molar refractivity (Wildman–Crippen MR) is 140 cm³/mol. The SMILES string of the molecule is CCN1CCN(Cc2ccc(Nc3ncc(F)c(-c4cc(F)c5c(c4)C4(C)CCC(=N4)N5)n3)nc2)CC1. The molecule has 10 heteroatoms. The fraction of sp³-hybridized carbons (Fsp3) is 0.407. The van der Waals surface area contributed by atoms with E-state index in [1.54, 1.807) is 6.07 Å². The first-order valence-corrected chi connectivity index (χ1v) is 12.8. The molecule has 0 radical (unpaired) electrons. The highest BCUT2D eigenvalue weighted by Gasteiger charge is 2.39. The van der Waals surface area contributed by atoms with Gasteiger partial charge in [0.25, 0.3) is 0 Å². The largest absolute Gasteiger partial charge is 0.341 e. The number of hydrogen-bond donors (Lipinski definition) is 2. The molecule has 1 aromatic carbocycles. The summed E-state index contributed by atoms with van der Waals surface area (Å²) in [5.41, 5.74) is 2.10. The number of rotatable bonds is 6. The zero-order valence-corrected chi connectivity index (χ0v) is 21.1. The molecule has 37 heavy (non-hydrogen) atoms. The molecule has 3 aromatic rings. The molecule has 0 saturated carbocycles. The van der Waals surface area contributed by atoms with Crippen molar-refractivity contribution < 1.29 is 8.78 Å². The van der Waals surface area contributed by atoms with Gasteiger partial charge in [0.05, 0.1) is 17.4 Å². The van der Waals surface area contributed by atoms with Crippen molar-refractivity contribution in [2.75, 3.05) is 43.4 Å². The van der Waals surface area contributed by atoms with E-state index < -0.39 is 17.2 Å². The number of fused-ring (bicyclic) bond motifs is 3. The molecule has 2 N–H and O–H groups in total. The second-order valence-electron chi connectivity index (χ2n) is 10.1. The zero-order valence-electron chi connectivity index (χ0n) is 21.1. The maximum atomic E-state index is 15.1. The van der Waals surface area contributed by atoms with Crippen LogP contribution < -0.4 is 10.6 Å². The summed E-state index contributed by atoms with van der Waals surface area (Å²) >= 11 is 0. The highest BCUT2D eigenvalue weighted by Crippen LogP contribution is 2.46. The first-order valence-electron chi connectivity index (χ1n) is 12.8. The highest BCUT2D eigenvalue weighted by atomic mass is 19.1. The molecule has 2 bridgehead atoms. The quantitative estimate of drug-likeness (QED) is 0.510. The van der Waals surface area contributed by atoms with Gasteiger partial charge in [-0.05, 0) is 43.7 Å². The number of anilines is 3. The van der Waals surface area contributed by atoms with Gasteiger partial charge in [-0.15, -0.1) is 0 Å². The Morgan fingerprint density at radius 2 is 1.84 bits per heavy atom. The number of nitrogens with one attached hydrogen (secondary N) is 2. The summed E-state index contributed by atoms with van der Waals surface area (Å²) < 4.78 is 29.9. The fourth-order valence-corrected chi connectivity index (χ4v) is 5.35. The maximum absolute atomic E-state index is 15.1. The molecule has 1 fully saturated rings. The molecule has 8 nitrogen and oxygen atoms in total. The Labute approximate surface area is 214 Å². The van der Waals surface area contributed by atoms with E-state index in [4.69, 9.17) is 0 Å². The van der Waals surface area contributed by atoms with E-state index in [0.29, 0.717) is 22.6 Å². The molecule has 1 saturated heterocycles. The number of amidine groups is 1. The molecular formula is C27H30F2N8. The van der Waals surface area contributed by atoms with Crippen LogP contribution in [0.5, 0.6) is 0 Å². The lowest BCUT2D eigenvalue weighted by atomic mass is 9.87. The predicted octanol–water partition coefficient (Wildman–Crippen LogP) is 4.53. The topological polar surface area (TPSA) is 81.6 Å². The van der Waals surface area contributed by atoms with Crippen LogP contribution in [0, 0.1) is 11.6 Å². The smallest absolute Gasteiger partial charge is 0.229 e. The molecule has 1 atom stereocenters. The second-order valence-corrected chi connectivity index (χ2v) is 10.1. The summed E-state index contributed by atoms with van der Waals surface area (Å²) in [5, 5.41) is 6.12. The van der Waals surface area contributed by atoms with E-state index in [2.05, 4.69) is 47.3 Å². The average molecular weight is 505 g/mol. The van der Waals surface area contributed by atoms with Crippen LogP contribution in [0.4, 0.5) is 26.2 Å². The number of likely N-dealkylation sites (N-methyl/N-ethyl adjacent to an activating group) is 1. The van der Waals surface area contributed by atoms with Crippen molar-refractivity contribution in [3.8, 4) is 11.3 Å². The van der Waals surface area contributed by atoms with E-state index in [-0.39, 0.29) is 11.6 Å². The number of halogens is 2. The van der Waals surface area contributed by atoms with Crippen molar-refractivity contribution in [1.29, 1.82) is 0 Å². The van der Waals surface area contributed by atoms with Gasteiger partial charge in [0.1, 0.15) is 23.2 Å². The summed E-state index contributed by atoms with van der Waals surface area (Å²) in [4.78, 5) is 22.5. The minimum Gasteiger partial charge on any atom is -0.341 e. The molecule has 3 aliphatic heterocycles. The Morgan fingerprint density at radius 1 is 1.03 bits per heavy atom. The third kappa shape index (κ3) is 4.67. The van der Waals surface area contributed by atoms with Gasteiger partial charge in [-0.25, -0.2) is 23.7 Å². The zero-order chi connectivity index (χ0) is 25.6. The number of aromatic nitrogens is 3. The summed E-state index contributed by atoms with van der Waals surface area (Å²) in [5.74, 6) is 0.461. The van der Waals surface area contributed by atoms with E-state index in [1.807, 2.05) is 25.3 Å². The Hall–Kier alpha value is -3.50. The van der Waals surface area contributed by atoms with Gasteiger partial charge in [-0.1, -0.05) is 13.0 Å². The van der Waals surface area contributed by atoms with Crippen molar-refractivity contribution >= 4 is 23.3 Å². The maximum Gasteiger partial charge on any atom is 0.229 e.